The first-order valence-electron chi connectivity index (χ1n) is 8.59. The van der Waals surface area contributed by atoms with E-state index in [0.717, 1.165) is 22.8 Å². The first-order chi connectivity index (χ1) is 12.7. The maximum absolute atomic E-state index is 13.0. The van der Waals surface area contributed by atoms with Crippen LogP contribution >= 0.6 is 0 Å². The Hall–Kier alpha value is -3.00. The predicted octanol–water partition coefficient (Wildman–Crippen LogP) is 0.981. The summed E-state index contributed by atoms with van der Waals surface area (Å²) in [7, 11) is 3.63. The molecule has 0 spiro atoms. The molecule has 0 radical (unpaired) electrons. The summed E-state index contributed by atoms with van der Waals surface area (Å²) in [6.45, 7) is 1.76. The van der Waals surface area contributed by atoms with Crippen molar-refractivity contribution in [1.82, 2.24) is 34.8 Å². The third kappa shape index (κ3) is 2.88. The Morgan fingerprint density at radius 2 is 2.00 bits per heavy atom. The lowest BCUT2D eigenvalue weighted by atomic mass is 10.1. The molecule has 2 aromatic heterocycles. The summed E-state index contributed by atoms with van der Waals surface area (Å²) in [6.07, 6.45) is 3.58. The highest BCUT2D eigenvalue weighted by Gasteiger charge is 2.30. The minimum atomic E-state index is -0.410. The zero-order chi connectivity index (χ0) is 18.1. The molecule has 1 aliphatic rings. The Morgan fingerprint density at radius 3 is 2.69 bits per heavy atom. The number of amides is 1. The van der Waals surface area contributed by atoms with Crippen molar-refractivity contribution in [2.24, 2.45) is 7.05 Å². The minimum Gasteiger partial charge on any atom is -0.332 e. The number of carbonyl (C=O) groups excluding carboxylic acids is 1. The molecule has 0 fully saturated rings. The highest BCUT2D eigenvalue weighted by Crippen LogP contribution is 2.23. The Labute approximate surface area is 151 Å². The summed E-state index contributed by atoms with van der Waals surface area (Å²) in [5.41, 5.74) is 1.89. The van der Waals surface area contributed by atoms with Gasteiger partial charge in [-0.25, -0.2) is 0 Å². The van der Waals surface area contributed by atoms with Gasteiger partial charge in [0.25, 0.3) is 0 Å². The van der Waals surface area contributed by atoms with E-state index in [-0.39, 0.29) is 5.91 Å². The molecule has 0 saturated carbocycles. The normalized spacial score (nSPS) is 14.9. The molecule has 3 heterocycles. The van der Waals surface area contributed by atoms with Gasteiger partial charge in [0.2, 0.25) is 5.91 Å². The smallest absolute Gasteiger partial charge is 0.244 e. The molecule has 26 heavy (non-hydrogen) atoms. The highest BCUT2D eigenvalue weighted by molar-refractivity contribution is 5.83. The molecule has 4 rings (SSSR count). The Bertz CT molecular complexity index is 915. The van der Waals surface area contributed by atoms with Crippen LogP contribution in [0.25, 0.3) is 11.4 Å². The third-order valence-corrected chi connectivity index (χ3v) is 4.69. The fraction of sp³-hybridized carbons (Fsp3) is 0.333. The van der Waals surface area contributed by atoms with Gasteiger partial charge in [-0.2, -0.15) is 5.10 Å². The average Bonchev–Trinajstić information content (AvgIpc) is 3.29. The largest absolute Gasteiger partial charge is 0.332 e. The molecule has 0 aliphatic carbocycles. The van der Waals surface area contributed by atoms with E-state index in [1.165, 1.54) is 0 Å². The average molecular weight is 351 g/mol. The fourth-order valence-corrected chi connectivity index (χ4v) is 3.35. The molecule has 0 bridgehead atoms. The number of carbonyl (C=O) groups is 1. The van der Waals surface area contributed by atoms with Gasteiger partial charge in [0, 0.05) is 37.5 Å². The van der Waals surface area contributed by atoms with Gasteiger partial charge in [0.15, 0.2) is 11.6 Å². The van der Waals surface area contributed by atoms with Crippen molar-refractivity contribution in [3.63, 3.8) is 0 Å². The number of likely N-dealkylation sites (N-methyl/N-ethyl adjacent to an activating group) is 1. The SMILES string of the molecule is CNC(C(=O)N1CCn2c(nnc2-c2ccccc2)C1)c1cnn(C)c1. The zero-order valence-corrected chi connectivity index (χ0v) is 14.8. The highest BCUT2D eigenvalue weighted by atomic mass is 16.2. The second-order valence-electron chi connectivity index (χ2n) is 6.39. The standard InChI is InChI=1S/C18H21N7O/c1-19-16(14-10-20-23(2)11-14)18(26)24-8-9-25-15(12-24)21-22-17(25)13-6-4-3-5-7-13/h3-7,10-11,16,19H,8-9,12H2,1-2H3. The maximum Gasteiger partial charge on any atom is 0.244 e. The van der Waals surface area contributed by atoms with Gasteiger partial charge in [0.1, 0.15) is 6.04 Å². The molecular formula is C18H21N7O. The van der Waals surface area contributed by atoms with Gasteiger partial charge < -0.3 is 14.8 Å². The van der Waals surface area contributed by atoms with Gasteiger partial charge in [-0.15, -0.1) is 10.2 Å². The van der Waals surface area contributed by atoms with Gasteiger partial charge in [0.05, 0.1) is 12.7 Å². The van der Waals surface area contributed by atoms with Crippen molar-refractivity contribution in [2.45, 2.75) is 19.1 Å². The van der Waals surface area contributed by atoms with Gasteiger partial charge in [-0.05, 0) is 7.05 Å². The van der Waals surface area contributed by atoms with Crippen LogP contribution in [0.3, 0.4) is 0 Å². The predicted molar refractivity (Wildman–Crippen MR) is 95.9 cm³/mol. The van der Waals surface area contributed by atoms with Crippen LogP contribution in [0.4, 0.5) is 0 Å². The summed E-state index contributed by atoms with van der Waals surface area (Å²) in [5, 5.41) is 15.9. The number of aryl methyl sites for hydroxylation is 1. The second kappa shape index (κ2) is 6.72. The van der Waals surface area contributed by atoms with E-state index in [4.69, 9.17) is 0 Å². The van der Waals surface area contributed by atoms with Crippen LogP contribution in [0.1, 0.15) is 17.4 Å². The van der Waals surface area contributed by atoms with Crippen molar-refractivity contribution in [2.75, 3.05) is 13.6 Å². The van der Waals surface area contributed by atoms with Crippen molar-refractivity contribution in [3.8, 4) is 11.4 Å². The molecule has 1 aliphatic heterocycles. The van der Waals surface area contributed by atoms with E-state index in [0.29, 0.717) is 19.6 Å². The number of rotatable bonds is 4. The van der Waals surface area contributed by atoms with Crippen LogP contribution in [-0.4, -0.2) is 48.9 Å². The topological polar surface area (TPSA) is 80.9 Å². The van der Waals surface area contributed by atoms with Crippen LogP contribution in [0.15, 0.2) is 42.7 Å². The van der Waals surface area contributed by atoms with Crippen LogP contribution in [0.5, 0.6) is 0 Å². The molecule has 0 saturated heterocycles. The monoisotopic (exact) mass is 351 g/mol. The number of nitrogens with zero attached hydrogens (tertiary/aromatic N) is 6. The molecule has 8 nitrogen and oxygen atoms in total. The lowest BCUT2D eigenvalue weighted by Gasteiger charge is -2.30. The van der Waals surface area contributed by atoms with Crippen LogP contribution < -0.4 is 5.32 Å². The van der Waals surface area contributed by atoms with Crippen LogP contribution in [0.2, 0.25) is 0 Å². The molecule has 3 aromatic rings. The fourth-order valence-electron chi connectivity index (χ4n) is 3.35. The summed E-state index contributed by atoms with van der Waals surface area (Å²) in [6, 6.07) is 9.59. The number of aromatic nitrogens is 5. The van der Waals surface area contributed by atoms with E-state index in [9.17, 15) is 4.79 Å². The summed E-state index contributed by atoms with van der Waals surface area (Å²) < 4.78 is 3.80. The zero-order valence-electron chi connectivity index (χ0n) is 14.8. The van der Waals surface area contributed by atoms with Crippen molar-refractivity contribution in [3.05, 3.63) is 54.1 Å². The Morgan fingerprint density at radius 1 is 1.19 bits per heavy atom. The van der Waals surface area contributed by atoms with Crippen molar-refractivity contribution < 1.29 is 4.79 Å². The summed E-state index contributed by atoms with van der Waals surface area (Å²) in [4.78, 5) is 14.8. The maximum atomic E-state index is 13.0. The Kier molecular flexibility index (Phi) is 4.26. The van der Waals surface area contributed by atoms with E-state index in [1.807, 2.05) is 48.5 Å². The van der Waals surface area contributed by atoms with E-state index < -0.39 is 6.04 Å². The number of fused-ring (bicyclic) bond motifs is 1. The van der Waals surface area contributed by atoms with E-state index >= 15 is 0 Å². The minimum absolute atomic E-state index is 0.0241. The lowest BCUT2D eigenvalue weighted by molar-refractivity contribution is -0.135. The molecular weight excluding hydrogens is 330 g/mol. The van der Waals surface area contributed by atoms with Crippen molar-refractivity contribution in [1.29, 1.82) is 0 Å². The quantitative estimate of drug-likeness (QED) is 0.758. The first kappa shape index (κ1) is 16.5. The first-order valence-corrected chi connectivity index (χ1v) is 8.59. The molecule has 134 valence electrons. The van der Waals surface area contributed by atoms with E-state index in [2.05, 4.69) is 25.2 Å². The summed E-state index contributed by atoms with van der Waals surface area (Å²) >= 11 is 0. The molecule has 1 N–H and O–H groups in total. The number of nitrogens with one attached hydrogen (secondary N) is 1. The van der Waals surface area contributed by atoms with Crippen LogP contribution in [0, 0.1) is 0 Å². The van der Waals surface area contributed by atoms with Gasteiger partial charge in [-0.1, -0.05) is 30.3 Å². The molecule has 1 atom stereocenters. The van der Waals surface area contributed by atoms with Gasteiger partial charge >= 0.3 is 0 Å². The van der Waals surface area contributed by atoms with Gasteiger partial charge in [-0.3, -0.25) is 9.48 Å². The summed E-state index contributed by atoms with van der Waals surface area (Å²) in [5.74, 6) is 1.69. The number of hydrogen-bond donors (Lipinski definition) is 1. The van der Waals surface area contributed by atoms with Crippen molar-refractivity contribution >= 4 is 5.91 Å². The molecule has 8 heteroatoms. The number of benzene rings is 1. The number of hydrogen-bond acceptors (Lipinski definition) is 5. The second-order valence-corrected chi connectivity index (χ2v) is 6.39. The van der Waals surface area contributed by atoms with E-state index in [1.54, 1.807) is 17.9 Å². The Balaban J connectivity index is 1.55. The third-order valence-electron chi connectivity index (χ3n) is 4.69. The molecule has 1 aromatic carbocycles. The lowest BCUT2D eigenvalue weighted by Crippen LogP contribution is -2.44. The molecule has 1 amide bonds. The molecule has 1 unspecified atom stereocenters. The van der Waals surface area contributed by atoms with Crippen LogP contribution in [-0.2, 0) is 24.9 Å².